The largest absolute Gasteiger partial charge is 0.310 e. The summed E-state index contributed by atoms with van der Waals surface area (Å²) in [5.74, 6) is -0.701. The third-order valence-corrected chi connectivity index (χ3v) is 3.62. The Morgan fingerprint density at radius 2 is 2.29 bits per heavy atom. The van der Waals surface area contributed by atoms with Crippen molar-refractivity contribution in [3.63, 3.8) is 0 Å². The standard InChI is InChI=1S/C12H10BrFN2O/c13-9-3-2-6-16(12(9)17)11-5-1-4-10(14)8(11)7-15/h1,4-5,9H,2-3,6H2. The maximum absolute atomic E-state index is 13.5. The number of hydrogen-bond acceptors (Lipinski definition) is 2. The number of nitriles is 1. The van der Waals surface area contributed by atoms with Crippen LogP contribution in [0.5, 0.6) is 0 Å². The summed E-state index contributed by atoms with van der Waals surface area (Å²) in [6.45, 7) is 0.527. The average molecular weight is 297 g/mol. The van der Waals surface area contributed by atoms with Gasteiger partial charge in [0.15, 0.2) is 0 Å². The minimum Gasteiger partial charge on any atom is -0.310 e. The molecule has 0 saturated carbocycles. The zero-order valence-corrected chi connectivity index (χ0v) is 10.6. The third kappa shape index (κ3) is 2.18. The Morgan fingerprint density at radius 3 is 3.00 bits per heavy atom. The van der Waals surface area contributed by atoms with Crippen molar-refractivity contribution in [1.82, 2.24) is 0 Å². The van der Waals surface area contributed by atoms with Gasteiger partial charge in [-0.3, -0.25) is 4.79 Å². The van der Waals surface area contributed by atoms with Gasteiger partial charge >= 0.3 is 0 Å². The molecule has 5 heteroatoms. The second-order valence-electron chi connectivity index (χ2n) is 3.85. The van der Waals surface area contributed by atoms with E-state index >= 15 is 0 Å². The van der Waals surface area contributed by atoms with Crippen molar-refractivity contribution in [2.45, 2.75) is 17.7 Å². The third-order valence-electron chi connectivity index (χ3n) is 2.77. The fourth-order valence-electron chi connectivity index (χ4n) is 1.92. The second kappa shape index (κ2) is 4.84. The highest BCUT2D eigenvalue weighted by molar-refractivity contribution is 9.10. The lowest BCUT2D eigenvalue weighted by atomic mass is 10.1. The molecular weight excluding hydrogens is 287 g/mol. The lowest BCUT2D eigenvalue weighted by molar-refractivity contribution is -0.118. The Labute approximate surface area is 107 Å². The molecule has 1 atom stereocenters. The SMILES string of the molecule is N#Cc1c(F)cccc1N1CCCC(Br)C1=O. The quantitative estimate of drug-likeness (QED) is 0.748. The van der Waals surface area contributed by atoms with Crippen LogP contribution in [0.4, 0.5) is 10.1 Å². The van der Waals surface area contributed by atoms with Crippen LogP contribution in [-0.2, 0) is 4.79 Å². The molecule has 1 unspecified atom stereocenters. The van der Waals surface area contributed by atoms with Crippen molar-refractivity contribution in [1.29, 1.82) is 5.26 Å². The normalized spacial score (nSPS) is 20.2. The van der Waals surface area contributed by atoms with Crippen LogP contribution < -0.4 is 4.90 Å². The first-order valence-corrected chi connectivity index (χ1v) is 6.20. The van der Waals surface area contributed by atoms with E-state index in [1.807, 2.05) is 6.07 Å². The van der Waals surface area contributed by atoms with Gasteiger partial charge in [0.2, 0.25) is 5.91 Å². The van der Waals surface area contributed by atoms with E-state index in [9.17, 15) is 9.18 Å². The first kappa shape index (κ1) is 12.1. The first-order valence-electron chi connectivity index (χ1n) is 5.29. The number of carbonyl (C=O) groups excluding carboxylic acids is 1. The molecule has 0 bridgehead atoms. The number of rotatable bonds is 1. The summed E-state index contributed by atoms with van der Waals surface area (Å²) >= 11 is 3.29. The lowest BCUT2D eigenvalue weighted by Crippen LogP contribution is -2.42. The predicted octanol–water partition coefficient (Wildman–Crippen LogP) is 2.59. The van der Waals surface area contributed by atoms with E-state index < -0.39 is 5.82 Å². The number of alkyl halides is 1. The van der Waals surface area contributed by atoms with Gasteiger partial charge in [-0.1, -0.05) is 22.0 Å². The Balaban J connectivity index is 2.44. The number of piperidine rings is 1. The minimum absolute atomic E-state index is 0.0672. The summed E-state index contributed by atoms with van der Waals surface area (Å²) in [7, 11) is 0. The highest BCUT2D eigenvalue weighted by Gasteiger charge is 2.29. The zero-order chi connectivity index (χ0) is 12.4. The van der Waals surface area contributed by atoms with Gasteiger partial charge in [0.05, 0.1) is 10.5 Å². The van der Waals surface area contributed by atoms with E-state index in [1.165, 1.54) is 17.0 Å². The summed E-state index contributed by atoms with van der Waals surface area (Å²) in [5, 5.41) is 8.94. The summed E-state index contributed by atoms with van der Waals surface area (Å²) in [5.41, 5.74) is 0.295. The van der Waals surface area contributed by atoms with Crippen molar-refractivity contribution >= 4 is 27.5 Å². The number of nitrogens with zero attached hydrogens (tertiary/aromatic N) is 2. The zero-order valence-electron chi connectivity index (χ0n) is 8.99. The van der Waals surface area contributed by atoms with Crippen LogP contribution in [0.15, 0.2) is 18.2 Å². The molecule has 0 spiro atoms. The molecule has 1 saturated heterocycles. The summed E-state index contributed by atoms with van der Waals surface area (Å²) in [6.07, 6.45) is 1.61. The van der Waals surface area contributed by atoms with Gasteiger partial charge in [0.25, 0.3) is 0 Å². The molecule has 1 aliphatic heterocycles. The van der Waals surface area contributed by atoms with Crippen LogP contribution >= 0.6 is 15.9 Å². The topological polar surface area (TPSA) is 44.1 Å². The molecule has 0 aromatic heterocycles. The van der Waals surface area contributed by atoms with Crippen LogP contribution in [0.2, 0.25) is 0 Å². The molecule has 0 N–H and O–H groups in total. The van der Waals surface area contributed by atoms with Gasteiger partial charge < -0.3 is 4.90 Å². The van der Waals surface area contributed by atoms with Crippen molar-refractivity contribution in [3.05, 3.63) is 29.6 Å². The fourth-order valence-corrected chi connectivity index (χ4v) is 2.49. The van der Waals surface area contributed by atoms with Crippen molar-refractivity contribution < 1.29 is 9.18 Å². The molecule has 1 aromatic rings. The molecule has 0 radical (unpaired) electrons. The molecule has 2 rings (SSSR count). The number of carbonyl (C=O) groups is 1. The molecule has 3 nitrogen and oxygen atoms in total. The van der Waals surface area contributed by atoms with E-state index in [4.69, 9.17) is 5.26 Å². The van der Waals surface area contributed by atoms with Crippen molar-refractivity contribution in [2.24, 2.45) is 0 Å². The molecule has 88 valence electrons. The highest BCUT2D eigenvalue weighted by atomic mass is 79.9. The maximum atomic E-state index is 13.5. The minimum atomic E-state index is -0.588. The highest BCUT2D eigenvalue weighted by Crippen LogP contribution is 2.28. The summed E-state index contributed by atoms with van der Waals surface area (Å²) in [4.78, 5) is 13.2. The van der Waals surface area contributed by atoms with Gasteiger partial charge in [0, 0.05) is 6.54 Å². The van der Waals surface area contributed by atoms with E-state index in [2.05, 4.69) is 15.9 Å². The fraction of sp³-hybridized carbons (Fsp3) is 0.333. The maximum Gasteiger partial charge on any atom is 0.240 e. The van der Waals surface area contributed by atoms with Crippen molar-refractivity contribution in [3.8, 4) is 6.07 Å². The monoisotopic (exact) mass is 296 g/mol. The number of anilines is 1. The second-order valence-corrected chi connectivity index (χ2v) is 4.95. The molecule has 1 aromatic carbocycles. The summed E-state index contributed by atoms with van der Waals surface area (Å²) in [6, 6.07) is 6.15. The number of amides is 1. The number of benzene rings is 1. The van der Waals surface area contributed by atoms with Crippen molar-refractivity contribution in [2.75, 3.05) is 11.4 Å². The molecular formula is C12H10BrFN2O. The van der Waals surface area contributed by atoms with Gasteiger partial charge in [-0.15, -0.1) is 0 Å². The lowest BCUT2D eigenvalue weighted by Gasteiger charge is -2.30. The predicted molar refractivity (Wildman–Crippen MR) is 65.4 cm³/mol. The molecule has 17 heavy (non-hydrogen) atoms. The van der Waals surface area contributed by atoms with E-state index in [0.717, 1.165) is 12.8 Å². The first-order chi connectivity index (χ1) is 8.15. The van der Waals surface area contributed by atoms with Crippen LogP contribution in [0.1, 0.15) is 18.4 Å². The van der Waals surface area contributed by atoms with Gasteiger partial charge in [-0.2, -0.15) is 5.26 Å². The van der Waals surface area contributed by atoms with Crippen LogP contribution in [0, 0.1) is 17.1 Å². The van der Waals surface area contributed by atoms with Gasteiger partial charge in [-0.05, 0) is 25.0 Å². The number of halogens is 2. The van der Waals surface area contributed by atoms with Gasteiger partial charge in [0.1, 0.15) is 17.4 Å². The molecule has 1 fully saturated rings. The van der Waals surface area contributed by atoms with Crippen LogP contribution in [0.3, 0.4) is 0 Å². The Morgan fingerprint density at radius 1 is 1.53 bits per heavy atom. The Kier molecular flexibility index (Phi) is 3.43. The van der Waals surface area contributed by atoms with Gasteiger partial charge in [-0.25, -0.2) is 4.39 Å². The Hall–Kier alpha value is -1.41. The molecule has 1 amide bonds. The number of hydrogen-bond donors (Lipinski definition) is 0. The van der Waals surface area contributed by atoms with Crippen LogP contribution in [0.25, 0.3) is 0 Å². The molecule has 1 aliphatic rings. The van der Waals surface area contributed by atoms with E-state index in [1.54, 1.807) is 6.07 Å². The van der Waals surface area contributed by atoms with Crippen LogP contribution in [-0.4, -0.2) is 17.3 Å². The smallest absolute Gasteiger partial charge is 0.240 e. The molecule has 1 heterocycles. The molecule has 0 aliphatic carbocycles. The van der Waals surface area contributed by atoms with E-state index in [-0.39, 0.29) is 16.3 Å². The summed E-state index contributed by atoms with van der Waals surface area (Å²) < 4.78 is 13.5. The van der Waals surface area contributed by atoms with E-state index in [0.29, 0.717) is 12.2 Å². The average Bonchev–Trinajstić information content (AvgIpc) is 2.32. The Bertz CT molecular complexity index is 498.